The van der Waals surface area contributed by atoms with E-state index in [1.54, 1.807) is 26.2 Å². The molecule has 0 aromatic heterocycles. The summed E-state index contributed by atoms with van der Waals surface area (Å²) in [5, 5.41) is 2.86. The number of hydrogen-bond donors (Lipinski definition) is 1. The molecule has 0 spiro atoms. The molecule has 6 heteroatoms. The Balaban J connectivity index is 2.13. The third-order valence-corrected chi connectivity index (χ3v) is 4.22. The third kappa shape index (κ3) is 6.30. The topological polar surface area (TPSA) is 67.9 Å². The minimum Gasteiger partial charge on any atom is -0.497 e. The van der Waals surface area contributed by atoms with E-state index in [1.165, 1.54) is 4.90 Å². The molecule has 2 rings (SSSR count). The molecule has 6 nitrogen and oxygen atoms in total. The number of amides is 2. The highest BCUT2D eigenvalue weighted by Gasteiger charge is 2.26. The maximum absolute atomic E-state index is 12.9. The maximum atomic E-state index is 12.9. The van der Waals surface area contributed by atoms with Crippen LogP contribution in [0.5, 0.6) is 11.5 Å². The molecule has 0 aliphatic heterocycles. The molecular formula is C22H28N2O4. The summed E-state index contributed by atoms with van der Waals surface area (Å²) in [5.74, 6) is 0.891. The lowest BCUT2D eigenvalue weighted by Gasteiger charge is -2.29. The van der Waals surface area contributed by atoms with Crippen LogP contribution >= 0.6 is 0 Å². The largest absolute Gasteiger partial charge is 0.497 e. The van der Waals surface area contributed by atoms with Crippen molar-refractivity contribution in [3.63, 3.8) is 0 Å². The van der Waals surface area contributed by atoms with Crippen molar-refractivity contribution in [1.29, 1.82) is 0 Å². The Morgan fingerprint density at radius 3 is 2.18 bits per heavy atom. The first kappa shape index (κ1) is 21.3. The monoisotopic (exact) mass is 384 g/mol. The summed E-state index contributed by atoms with van der Waals surface area (Å²) in [6.07, 6.45) is 0. The molecule has 28 heavy (non-hydrogen) atoms. The standard InChI is InChI=1S/C22H28N2O4/c1-16(2)23-22(26)17(3)24(14-18-10-12-19(27-4)13-11-18)21(25)15-28-20-8-6-5-7-9-20/h5-13,16-17H,14-15H2,1-4H3,(H,23,26). The van der Waals surface area contributed by atoms with Gasteiger partial charge in [0.1, 0.15) is 17.5 Å². The van der Waals surface area contributed by atoms with Gasteiger partial charge in [-0.25, -0.2) is 0 Å². The smallest absolute Gasteiger partial charge is 0.261 e. The zero-order valence-electron chi connectivity index (χ0n) is 16.8. The fraction of sp³-hybridized carbons (Fsp3) is 0.364. The van der Waals surface area contributed by atoms with Gasteiger partial charge in [0.25, 0.3) is 5.91 Å². The van der Waals surface area contributed by atoms with E-state index in [4.69, 9.17) is 9.47 Å². The molecule has 1 atom stereocenters. The van der Waals surface area contributed by atoms with Gasteiger partial charge in [-0.3, -0.25) is 9.59 Å². The number of para-hydroxylation sites is 1. The molecule has 1 N–H and O–H groups in total. The van der Waals surface area contributed by atoms with Crippen molar-refractivity contribution in [2.75, 3.05) is 13.7 Å². The van der Waals surface area contributed by atoms with Crippen LogP contribution in [-0.4, -0.2) is 42.5 Å². The predicted molar refractivity (Wildman–Crippen MR) is 108 cm³/mol. The molecular weight excluding hydrogens is 356 g/mol. The molecule has 1 unspecified atom stereocenters. The second-order valence-corrected chi connectivity index (χ2v) is 6.81. The molecule has 0 aliphatic carbocycles. The third-order valence-electron chi connectivity index (χ3n) is 4.22. The van der Waals surface area contributed by atoms with Gasteiger partial charge in [0.2, 0.25) is 5.91 Å². The van der Waals surface area contributed by atoms with Crippen LogP contribution in [0.4, 0.5) is 0 Å². The summed E-state index contributed by atoms with van der Waals surface area (Å²) >= 11 is 0. The molecule has 2 aromatic carbocycles. The van der Waals surface area contributed by atoms with Crippen molar-refractivity contribution in [2.45, 2.75) is 39.4 Å². The van der Waals surface area contributed by atoms with E-state index in [9.17, 15) is 9.59 Å². The number of benzene rings is 2. The Hall–Kier alpha value is -3.02. The number of ether oxygens (including phenoxy) is 2. The van der Waals surface area contributed by atoms with E-state index < -0.39 is 6.04 Å². The number of rotatable bonds is 9. The van der Waals surface area contributed by atoms with E-state index in [0.29, 0.717) is 12.3 Å². The second kappa shape index (κ2) is 10.3. The predicted octanol–water partition coefficient (Wildman–Crippen LogP) is 3.02. The summed E-state index contributed by atoms with van der Waals surface area (Å²) in [6, 6.07) is 15.9. The van der Waals surface area contributed by atoms with Gasteiger partial charge in [-0.1, -0.05) is 30.3 Å². The first-order chi connectivity index (χ1) is 13.4. The molecule has 0 aliphatic rings. The Morgan fingerprint density at radius 2 is 1.61 bits per heavy atom. The first-order valence-corrected chi connectivity index (χ1v) is 9.31. The van der Waals surface area contributed by atoms with Gasteiger partial charge in [0, 0.05) is 12.6 Å². The van der Waals surface area contributed by atoms with Crippen molar-refractivity contribution < 1.29 is 19.1 Å². The van der Waals surface area contributed by atoms with Crippen molar-refractivity contribution in [3.05, 3.63) is 60.2 Å². The number of carbonyl (C=O) groups is 2. The number of nitrogens with zero attached hydrogens (tertiary/aromatic N) is 1. The summed E-state index contributed by atoms with van der Waals surface area (Å²) in [6.45, 7) is 5.66. The highest BCUT2D eigenvalue weighted by atomic mass is 16.5. The van der Waals surface area contributed by atoms with Gasteiger partial charge in [-0.05, 0) is 50.6 Å². The van der Waals surface area contributed by atoms with Crippen molar-refractivity contribution in [3.8, 4) is 11.5 Å². The number of methoxy groups -OCH3 is 1. The summed E-state index contributed by atoms with van der Waals surface area (Å²) in [4.78, 5) is 26.9. The van der Waals surface area contributed by atoms with Crippen molar-refractivity contribution in [2.24, 2.45) is 0 Å². The van der Waals surface area contributed by atoms with Crippen LogP contribution in [-0.2, 0) is 16.1 Å². The highest BCUT2D eigenvalue weighted by molar-refractivity contribution is 5.88. The van der Waals surface area contributed by atoms with Crippen LogP contribution in [0.25, 0.3) is 0 Å². The van der Waals surface area contributed by atoms with Gasteiger partial charge in [-0.15, -0.1) is 0 Å². The lowest BCUT2D eigenvalue weighted by molar-refractivity contribution is -0.142. The van der Waals surface area contributed by atoms with Gasteiger partial charge < -0.3 is 19.7 Å². The number of hydrogen-bond acceptors (Lipinski definition) is 4. The minimum absolute atomic E-state index is 0.00606. The Labute approximate surface area is 166 Å². The van der Waals surface area contributed by atoms with Crippen LogP contribution in [0, 0.1) is 0 Å². The highest BCUT2D eigenvalue weighted by Crippen LogP contribution is 2.16. The Bertz CT molecular complexity index is 760. The zero-order valence-corrected chi connectivity index (χ0v) is 16.8. The fourth-order valence-corrected chi connectivity index (χ4v) is 2.66. The Morgan fingerprint density at radius 1 is 0.964 bits per heavy atom. The molecule has 150 valence electrons. The van der Waals surface area contributed by atoms with Crippen LogP contribution in [0.3, 0.4) is 0 Å². The maximum Gasteiger partial charge on any atom is 0.261 e. The lowest BCUT2D eigenvalue weighted by Crippen LogP contribution is -2.50. The van der Waals surface area contributed by atoms with E-state index >= 15 is 0 Å². The molecule has 0 bridgehead atoms. The summed E-state index contributed by atoms with van der Waals surface area (Å²) in [7, 11) is 1.60. The number of carbonyl (C=O) groups excluding carboxylic acids is 2. The van der Waals surface area contributed by atoms with Crippen LogP contribution < -0.4 is 14.8 Å². The van der Waals surface area contributed by atoms with Crippen LogP contribution in [0.2, 0.25) is 0 Å². The van der Waals surface area contributed by atoms with E-state index in [-0.39, 0.29) is 24.5 Å². The average Bonchev–Trinajstić information content (AvgIpc) is 2.70. The fourth-order valence-electron chi connectivity index (χ4n) is 2.66. The van der Waals surface area contributed by atoms with Crippen molar-refractivity contribution >= 4 is 11.8 Å². The quantitative estimate of drug-likeness (QED) is 0.722. The minimum atomic E-state index is -0.628. The molecule has 0 fully saturated rings. The first-order valence-electron chi connectivity index (χ1n) is 9.31. The van der Waals surface area contributed by atoms with E-state index in [1.807, 2.05) is 56.3 Å². The second-order valence-electron chi connectivity index (χ2n) is 6.81. The molecule has 0 radical (unpaired) electrons. The summed E-state index contributed by atoms with van der Waals surface area (Å²) in [5.41, 5.74) is 0.901. The SMILES string of the molecule is COc1ccc(CN(C(=O)COc2ccccc2)C(C)C(=O)NC(C)C)cc1. The zero-order chi connectivity index (χ0) is 20.5. The van der Waals surface area contributed by atoms with Crippen LogP contribution in [0.15, 0.2) is 54.6 Å². The lowest BCUT2D eigenvalue weighted by atomic mass is 10.1. The molecule has 0 heterocycles. The molecule has 2 amide bonds. The normalized spacial score (nSPS) is 11.6. The van der Waals surface area contributed by atoms with Gasteiger partial charge in [-0.2, -0.15) is 0 Å². The average molecular weight is 384 g/mol. The van der Waals surface area contributed by atoms with E-state index in [0.717, 1.165) is 11.3 Å². The van der Waals surface area contributed by atoms with Gasteiger partial charge in [0.05, 0.1) is 7.11 Å². The van der Waals surface area contributed by atoms with E-state index in [2.05, 4.69) is 5.32 Å². The molecule has 2 aromatic rings. The molecule has 0 saturated heterocycles. The Kier molecular flexibility index (Phi) is 7.87. The van der Waals surface area contributed by atoms with Crippen molar-refractivity contribution in [1.82, 2.24) is 10.2 Å². The molecule has 0 saturated carbocycles. The summed E-state index contributed by atoms with van der Waals surface area (Å²) < 4.78 is 10.8. The van der Waals surface area contributed by atoms with Gasteiger partial charge in [0.15, 0.2) is 6.61 Å². The van der Waals surface area contributed by atoms with Crippen LogP contribution in [0.1, 0.15) is 26.3 Å². The van der Waals surface area contributed by atoms with Gasteiger partial charge >= 0.3 is 0 Å². The number of nitrogens with one attached hydrogen (secondary N) is 1.